The van der Waals surface area contributed by atoms with Gasteiger partial charge in [-0.1, -0.05) is 36.4 Å². The largest absolute Gasteiger partial charge is 0.462 e. The fraction of sp³-hybridized carbons (Fsp3) is 0.0500. The van der Waals surface area contributed by atoms with Crippen LogP contribution in [-0.2, 0) is 6.54 Å². The molecule has 0 saturated carbocycles. The van der Waals surface area contributed by atoms with Crippen molar-refractivity contribution in [2.45, 2.75) is 6.54 Å². The first-order valence-electron chi connectivity index (χ1n) is 8.07. The molecule has 0 radical (unpaired) electrons. The van der Waals surface area contributed by atoms with Crippen LogP contribution in [0.15, 0.2) is 87.9 Å². The Bertz CT molecular complexity index is 1080. The number of pyridine rings is 1. The van der Waals surface area contributed by atoms with Gasteiger partial charge in [0.05, 0.1) is 6.26 Å². The van der Waals surface area contributed by atoms with Crippen molar-refractivity contribution in [3.63, 3.8) is 0 Å². The zero-order valence-corrected chi connectivity index (χ0v) is 14.6. The van der Waals surface area contributed by atoms with Crippen molar-refractivity contribution in [3.05, 3.63) is 95.2 Å². The van der Waals surface area contributed by atoms with Gasteiger partial charge in [0.2, 0.25) is 0 Å². The Morgan fingerprint density at radius 2 is 1.92 bits per heavy atom. The molecule has 0 aliphatic rings. The summed E-state index contributed by atoms with van der Waals surface area (Å²) in [5.74, 6) is 0.278. The lowest BCUT2D eigenvalue weighted by atomic mass is 10.2. The second-order valence-electron chi connectivity index (χ2n) is 5.60. The summed E-state index contributed by atoms with van der Waals surface area (Å²) in [6.07, 6.45) is 3.49. The van der Waals surface area contributed by atoms with Crippen LogP contribution in [0.4, 0.5) is 0 Å². The minimum absolute atomic E-state index is 0.316. The molecular weight excluding hydrogens is 346 g/mol. The third-order valence-electron chi connectivity index (χ3n) is 3.78. The van der Waals surface area contributed by atoms with Crippen LogP contribution in [0.2, 0.25) is 0 Å². The second kappa shape index (κ2) is 7.33. The molecule has 1 aromatic carbocycles. The van der Waals surface area contributed by atoms with Crippen LogP contribution < -0.4 is 5.49 Å². The fourth-order valence-electron chi connectivity index (χ4n) is 2.53. The molecule has 128 valence electrons. The standard InChI is InChI=1S/C20H15N3O2S/c24-19(16-14-26-20(21-16)17-9-6-12-25-17)22-18-10-4-5-11-23(18)13-15-7-2-1-3-8-15/h1-12,14H,13H2. The number of rotatable bonds is 4. The van der Waals surface area contributed by atoms with Gasteiger partial charge in [0.1, 0.15) is 11.2 Å². The Labute approximate surface area is 153 Å². The predicted octanol–water partition coefficient (Wildman–Crippen LogP) is 3.99. The summed E-state index contributed by atoms with van der Waals surface area (Å²) >= 11 is 1.36. The Kier molecular flexibility index (Phi) is 4.57. The Balaban J connectivity index is 1.63. The SMILES string of the molecule is O=C(N=c1ccccn1Cc1ccccc1)c1csc(-c2ccco2)n1. The molecule has 0 aliphatic heterocycles. The third kappa shape index (κ3) is 3.55. The van der Waals surface area contributed by atoms with Gasteiger partial charge in [-0.25, -0.2) is 4.98 Å². The first-order valence-corrected chi connectivity index (χ1v) is 8.95. The molecule has 0 saturated heterocycles. The van der Waals surface area contributed by atoms with E-state index in [1.165, 1.54) is 11.3 Å². The maximum Gasteiger partial charge on any atom is 0.298 e. The molecule has 0 aliphatic carbocycles. The number of thiazole rings is 1. The molecular formula is C20H15N3O2S. The quantitative estimate of drug-likeness (QED) is 0.552. The van der Waals surface area contributed by atoms with E-state index in [-0.39, 0.29) is 5.91 Å². The third-order valence-corrected chi connectivity index (χ3v) is 4.64. The van der Waals surface area contributed by atoms with Gasteiger partial charge in [-0.3, -0.25) is 4.79 Å². The van der Waals surface area contributed by atoms with Gasteiger partial charge in [0, 0.05) is 18.1 Å². The smallest absolute Gasteiger partial charge is 0.298 e. The van der Waals surface area contributed by atoms with E-state index in [0.717, 1.165) is 5.56 Å². The number of nitrogens with zero attached hydrogens (tertiary/aromatic N) is 3. The highest BCUT2D eigenvalue weighted by molar-refractivity contribution is 7.13. The molecule has 4 rings (SSSR count). The van der Waals surface area contributed by atoms with E-state index < -0.39 is 0 Å². The van der Waals surface area contributed by atoms with Gasteiger partial charge in [-0.15, -0.1) is 11.3 Å². The zero-order valence-electron chi connectivity index (χ0n) is 13.8. The molecule has 4 aromatic rings. The summed E-state index contributed by atoms with van der Waals surface area (Å²) in [7, 11) is 0. The van der Waals surface area contributed by atoms with Crippen LogP contribution in [-0.4, -0.2) is 15.5 Å². The number of hydrogen-bond acceptors (Lipinski definition) is 4. The highest BCUT2D eigenvalue weighted by Gasteiger charge is 2.12. The van der Waals surface area contributed by atoms with E-state index in [1.54, 1.807) is 17.7 Å². The summed E-state index contributed by atoms with van der Waals surface area (Å²) in [5.41, 5.74) is 2.05. The van der Waals surface area contributed by atoms with Crippen molar-refractivity contribution in [1.82, 2.24) is 9.55 Å². The van der Waals surface area contributed by atoms with E-state index in [0.29, 0.717) is 28.5 Å². The van der Waals surface area contributed by atoms with Gasteiger partial charge in [0.15, 0.2) is 10.8 Å². The Hall–Kier alpha value is -3.25. The molecule has 0 fully saturated rings. The minimum atomic E-state index is -0.368. The Morgan fingerprint density at radius 1 is 1.08 bits per heavy atom. The van der Waals surface area contributed by atoms with E-state index in [1.807, 2.05) is 65.4 Å². The van der Waals surface area contributed by atoms with E-state index in [2.05, 4.69) is 9.98 Å². The number of amides is 1. The lowest BCUT2D eigenvalue weighted by Gasteiger charge is -2.07. The van der Waals surface area contributed by atoms with Crippen molar-refractivity contribution in [2.24, 2.45) is 4.99 Å². The molecule has 0 atom stereocenters. The van der Waals surface area contributed by atoms with Crippen LogP contribution in [0.25, 0.3) is 10.8 Å². The van der Waals surface area contributed by atoms with Crippen LogP contribution in [0.5, 0.6) is 0 Å². The summed E-state index contributed by atoms with van der Waals surface area (Å²) in [5, 5.41) is 2.37. The molecule has 0 bridgehead atoms. The number of furan rings is 1. The van der Waals surface area contributed by atoms with Gasteiger partial charge < -0.3 is 8.98 Å². The summed E-state index contributed by atoms with van der Waals surface area (Å²) in [6.45, 7) is 0.641. The zero-order chi connectivity index (χ0) is 17.8. The molecule has 26 heavy (non-hydrogen) atoms. The van der Waals surface area contributed by atoms with Crippen molar-refractivity contribution < 1.29 is 9.21 Å². The predicted molar refractivity (Wildman–Crippen MR) is 99.7 cm³/mol. The lowest BCUT2D eigenvalue weighted by molar-refractivity contribution is 0.0993. The summed E-state index contributed by atoms with van der Waals surface area (Å²) in [4.78, 5) is 21.1. The van der Waals surface area contributed by atoms with E-state index >= 15 is 0 Å². The monoisotopic (exact) mass is 361 g/mol. The van der Waals surface area contributed by atoms with Crippen molar-refractivity contribution in [2.75, 3.05) is 0 Å². The van der Waals surface area contributed by atoms with Gasteiger partial charge in [-0.2, -0.15) is 4.99 Å². The van der Waals surface area contributed by atoms with Crippen LogP contribution in [0, 0.1) is 0 Å². The molecule has 3 heterocycles. The van der Waals surface area contributed by atoms with Gasteiger partial charge >= 0.3 is 0 Å². The molecule has 0 unspecified atom stereocenters. The highest BCUT2D eigenvalue weighted by Crippen LogP contribution is 2.24. The van der Waals surface area contributed by atoms with E-state index in [4.69, 9.17) is 4.42 Å². The highest BCUT2D eigenvalue weighted by atomic mass is 32.1. The molecule has 5 nitrogen and oxygen atoms in total. The van der Waals surface area contributed by atoms with Crippen molar-refractivity contribution in [3.8, 4) is 10.8 Å². The summed E-state index contributed by atoms with van der Waals surface area (Å²) in [6, 6.07) is 19.3. The van der Waals surface area contributed by atoms with Crippen LogP contribution in [0.1, 0.15) is 16.1 Å². The molecule has 3 aromatic heterocycles. The fourth-order valence-corrected chi connectivity index (χ4v) is 3.29. The second-order valence-corrected chi connectivity index (χ2v) is 6.46. The number of hydrogen-bond donors (Lipinski definition) is 0. The number of carbonyl (C=O) groups excluding carboxylic acids is 1. The van der Waals surface area contributed by atoms with Crippen LogP contribution >= 0.6 is 11.3 Å². The first kappa shape index (κ1) is 16.2. The van der Waals surface area contributed by atoms with E-state index in [9.17, 15) is 4.79 Å². The maximum atomic E-state index is 12.5. The lowest BCUT2D eigenvalue weighted by Crippen LogP contribution is -2.22. The van der Waals surface area contributed by atoms with Gasteiger partial charge in [0.25, 0.3) is 5.91 Å². The summed E-state index contributed by atoms with van der Waals surface area (Å²) < 4.78 is 7.26. The maximum absolute atomic E-state index is 12.5. The van der Waals surface area contributed by atoms with Crippen LogP contribution in [0.3, 0.4) is 0 Å². The molecule has 6 heteroatoms. The van der Waals surface area contributed by atoms with Crippen molar-refractivity contribution in [1.29, 1.82) is 0 Å². The Morgan fingerprint density at radius 3 is 2.73 bits per heavy atom. The molecule has 0 spiro atoms. The average molecular weight is 361 g/mol. The molecule has 1 amide bonds. The number of aromatic nitrogens is 2. The minimum Gasteiger partial charge on any atom is -0.462 e. The topological polar surface area (TPSA) is 60.4 Å². The normalized spacial score (nSPS) is 11.6. The van der Waals surface area contributed by atoms with Crippen molar-refractivity contribution >= 4 is 17.2 Å². The number of carbonyl (C=O) groups is 1. The number of benzene rings is 1. The average Bonchev–Trinajstić information content (AvgIpc) is 3.36. The first-order chi connectivity index (χ1) is 12.8. The van der Waals surface area contributed by atoms with Gasteiger partial charge in [-0.05, 0) is 29.8 Å². The molecule has 0 N–H and O–H groups in total.